The average molecular weight is 215 g/mol. The van der Waals surface area contributed by atoms with E-state index in [1.165, 1.54) is 10.1 Å². The lowest BCUT2D eigenvalue weighted by Crippen LogP contribution is -1.73. The highest BCUT2D eigenvalue weighted by Crippen LogP contribution is 2.15. The second-order valence-electron chi connectivity index (χ2n) is 2.37. The molecule has 0 radical (unpaired) electrons. The SMILES string of the molecule is C\C=C/C=C\C(Br)=C(/C)CC. The Morgan fingerprint density at radius 3 is 2.45 bits per heavy atom. The summed E-state index contributed by atoms with van der Waals surface area (Å²) in [6.45, 7) is 6.29. The van der Waals surface area contributed by atoms with E-state index < -0.39 is 0 Å². The van der Waals surface area contributed by atoms with Gasteiger partial charge in [-0.25, -0.2) is 0 Å². The quantitative estimate of drug-likeness (QED) is 0.619. The van der Waals surface area contributed by atoms with Crippen LogP contribution in [-0.2, 0) is 0 Å². The molecule has 0 fully saturated rings. The van der Waals surface area contributed by atoms with Crippen LogP contribution in [0.25, 0.3) is 0 Å². The van der Waals surface area contributed by atoms with Crippen LogP contribution in [0, 0.1) is 0 Å². The van der Waals surface area contributed by atoms with E-state index in [0.717, 1.165) is 6.42 Å². The largest absolute Gasteiger partial charge is 0.0877 e. The predicted molar refractivity (Wildman–Crippen MR) is 55.9 cm³/mol. The first-order valence-electron chi connectivity index (χ1n) is 3.87. The Morgan fingerprint density at radius 2 is 2.00 bits per heavy atom. The minimum Gasteiger partial charge on any atom is -0.0877 e. The molecule has 1 heteroatoms. The molecule has 0 aromatic carbocycles. The summed E-state index contributed by atoms with van der Waals surface area (Å²) >= 11 is 3.49. The highest BCUT2D eigenvalue weighted by Gasteiger charge is 1.89. The Hall–Kier alpha value is -0.300. The molecule has 0 unspecified atom stereocenters. The molecule has 0 rings (SSSR count). The van der Waals surface area contributed by atoms with Crippen LogP contribution in [0.4, 0.5) is 0 Å². The van der Waals surface area contributed by atoms with Crippen molar-refractivity contribution >= 4 is 15.9 Å². The maximum absolute atomic E-state index is 3.49. The maximum atomic E-state index is 3.49. The molecule has 0 saturated carbocycles. The zero-order valence-corrected chi connectivity index (χ0v) is 8.98. The number of halogens is 1. The smallest absolute Gasteiger partial charge is 0.0164 e. The number of rotatable bonds is 3. The fraction of sp³-hybridized carbons (Fsp3) is 0.400. The lowest BCUT2D eigenvalue weighted by Gasteiger charge is -1.95. The molecule has 0 atom stereocenters. The highest BCUT2D eigenvalue weighted by molar-refractivity contribution is 9.11. The third kappa shape index (κ3) is 5.02. The van der Waals surface area contributed by atoms with E-state index >= 15 is 0 Å². The second kappa shape index (κ2) is 6.41. The van der Waals surface area contributed by atoms with E-state index in [-0.39, 0.29) is 0 Å². The first-order chi connectivity index (χ1) is 5.22. The van der Waals surface area contributed by atoms with Crippen LogP contribution in [0.1, 0.15) is 27.2 Å². The van der Waals surface area contributed by atoms with Gasteiger partial charge in [0.2, 0.25) is 0 Å². The molecule has 0 bridgehead atoms. The predicted octanol–water partition coefficient (Wildman–Crippen LogP) is 4.20. The molecule has 0 amide bonds. The van der Waals surface area contributed by atoms with E-state index in [9.17, 15) is 0 Å². The van der Waals surface area contributed by atoms with Gasteiger partial charge in [0.1, 0.15) is 0 Å². The van der Waals surface area contributed by atoms with Gasteiger partial charge in [-0.05, 0) is 26.3 Å². The second-order valence-corrected chi connectivity index (χ2v) is 3.22. The van der Waals surface area contributed by atoms with Crippen LogP contribution in [0.5, 0.6) is 0 Å². The van der Waals surface area contributed by atoms with Crippen molar-refractivity contribution in [3.8, 4) is 0 Å². The first-order valence-corrected chi connectivity index (χ1v) is 4.66. The molecule has 0 saturated heterocycles. The topological polar surface area (TPSA) is 0 Å². The lowest BCUT2D eigenvalue weighted by molar-refractivity contribution is 1.10. The van der Waals surface area contributed by atoms with Gasteiger partial charge in [-0.3, -0.25) is 0 Å². The summed E-state index contributed by atoms with van der Waals surface area (Å²) in [5, 5.41) is 0. The molecule has 0 aromatic heterocycles. The summed E-state index contributed by atoms with van der Waals surface area (Å²) in [6, 6.07) is 0. The average Bonchev–Trinajstić information content (AvgIpc) is 2.03. The summed E-state index contributed by atoms with van der Waals surface area (Å²) in [4.78, 5) is 0. The van der Waals surface area contributed by atoms with E-state index in [1.54, 1.807) is 0 Å². The molecule has 0 aliphatic heterocycles. The fourth-order valence-corrected chi connectivity index (χ4v) is 0.995. The van der Waals surface area contributed by atoms with Crippen LogP contribution in [0.3, 0.4) is 0 Å². The molecule has 0 aromatic rings. The van der Waals surface area contributed by atoms with Crippen LogP contribution >= 0.6 is 15.9 Å². The molecule has 0 heterocycles. The highest BCUT2D eigenvalue weighted by atomic mass is 79.9. The van der Waals surface area contributed by atoms with Crippen LogP contribution in [0.2, 0.25) is 0 Å². The molecule has 0 N–H and O–H groups in total. The van der Waals surface area contributed by atoms with Gasteiger partial charge < -0.3 is 0 Å². The van der Waals surface area contributed by atoms with E-state index in [2.05, 4.69) is 35.9 Å². The lowest BCUT2D eigenvalue weighted by atomic mass is 10.2. The van der Waals surface area contributed by atoms with Gasteiger partial charge in [0.15, 0.2) is 0 Å². The van der Waals surface area contributed by atoms with E-state index in [4.69, 9.17) is 0 Å². The minimum atomic E-state index is 1.10. The Morgan fingerprint density at radius 1 is 1.36 bits per heavy atom. The van der Waals surface area contributed by atoms with Gasteiger partial charge in [0.05, 0.1) is 0 Å². The van der Waals surface area contributed by atoms with Crippen molar-refractivity contribution in [2.75, 3.05) is 0 Å². The molecule has 62 valence electrons. The van der Waals surface area contributed by atoms with Crippen molar-refractivity contribution in [3.63, 3.8) is 0 Å². The minimum absolute atomic E-state index is 1.10. The summed E-state index contributed by atoms with van der Waals surface area (Å²) in [7, 11) is 0. The molecular weight excluding hydrogens is 200 g/mol. The van der Waals surface area contributed by atoms with Crippen molar-refractivity contribution in [2.24, 2.45) is 0 Å². The van der Waals surface area contributed by atoms with Crippen molar-refractivity contribution in [1.82, 2.24) is 0 Å². The molecule has 0 aliphatic rings. The van der Waals surface area contributed by atoms with Gasteiger partial charge in [-0.1, -0.05) is 46.7 Å². The van der Waals surface area contributed by atoms with E-state index in [0.29, 0.717) is 0 Å². The van der Waals surface area contributed by atoms with Crippen LogP contribution in [0.15, 0.2) is 34.4 Å². The standard InChI is InChI=1S/C10H15Br/c1-4-6-7-8-10(11)9(3)5-2/h4,6-8H,5H2,1-3H3/b6-4-,8-7-,10-9-. The molecule has 11 heavy (non-hydrogen) atoms. The Balaban J connectivity index is 4.14. The molecular formula is C10H15Br. The third-order valence-electron chi connectivity index (χ3n) is 1.48. The summed E-state index contributed by atoms with van der Waals surface area (Å²) < 4.78 is 1.19. The van der Waals surface area contributed by atoms with Crippen molar-refractivity contribution < 1.29 is 0 Å². The number of hydrogen-bond acceptors (Lipinski definition) is 0. The molecule has 0 aliphatic carbocycles. The Labute approximate surface area is 77.8 Å². The van der Waals surface area contributed by atoms with Crippen molar-refractivity contribution in [2.45, 2.75) is 27.2 Å². The molecule has 0 nitrogen and oxygen atoms in total. The van der Waals surface area contributed by atoms with Gasteiger partial charge in [-0.2, -0.15) is 0 Å². The monoisotopic (exact) mass is 214 g/mol. The maximum Gasteiger partial charge on any atom is 0.0164 e. The Bertz CT molecular complexity index is 185. The van der Waals surface area contributed by atoms with Crippen molar-refractivity contribution in [3.05, 3.63) is 34.4 Å². The van der Waals surface area contributed by atoms with Crippen molar-refractivity contribution in [1.29, 1.82) is 0 Å². The molecule has 0 spiro atoms. The van der Waals surface area contributed by atoms with Crippen LogP contribution < -0.4 is 0 Å². The summed E-state index contributed by atoms with van der Waals surface area (Å²) in [5.74, 6) is 0. The number of hydrogen-bond donors (Lipinski definition) is 0. The van der Waals surface area contributed by atoms with Gasteiger partial charge in [0, 0.05) is 4.48 Å². The summed E-state index contributed by atoms with van der Waals surface area (Å²) in [6.07, 6.45) is 9.23. The van der Waals surface area contributed by atoms with E-state index in [1.807, 2.05) is 25.2 Å². The first kappa shape index (κ1) is 10.7. The van der Waals surface area contributed by atoms with Crippen LogP contribution in [-0.4, -0.2) is 0 Å². The fourth-order valence-electron chi connectivity index (χ4n) is 0.562. The Kier molecular flexibility index (Phi) is 6.24. The number of allylic oxidation sites excluding steroid dienone is 6. The van der Waals surface area contributed by atoms with Gasteiger partial charge in [0.25, 0.3) is 0 Å². The van der Waals surface area contributed by atoms with Gasteiger partial charge >= 0.3 is 0 Å². The third-order valence-corrected chi connectivity index (χ3v) is 2.43. The zero-order valence-electron chi connectivity index (χ0n) is 7.39. The summed E-state index contributed by atoms with van der Waals surface area (Å²) in [5.41, 5.74) is 1.38. The zero-order chi connectivity index (χ0) is 8.69. The van der Waals surface area contributed by atoms with Gasteiger partial charge in [-0.15, -0.1) is 0 Å². The normalized spacial score (nSPS) is 14.5.